The van der Waals surface area contributed by atoms with Crippen LogP contribution < -0.4 is 15.4 Å². The van der Waals surface area contributed by atoms with Gasteiger partial charge in [0.05, 0.1) is 18.4 Å². The number of hydrogen-bond acceptors (Lipinski definition) is 8. The smallest absolute Gasteiger partial charge is 0.340 e. The third-order valence-electron chi connectivity index (χ3n) is 3.99. The first-order valence-corrected chi connectivity index (χ1v) is 10.3. The number of benzene rings is 1. The molecule has 2 aliphatic rings. The molecule has 3 amide bonds. The minimum atomic E-state index is -3.50. The number of fused-ring (bicyclic) bond motifs is 1. The molecule has 0 saturated heterocycles. The van der Waals surface area contributed by atoms with E-state index in [9.17, 15) is 22.8 Å². The van der Waals surface area contributed by atoms with Crippen molar-refractivity contribution in [2.75, 3.05) is 31.3 Å². The van der Waals surface area contributed by atoms with Gasteiger partial charge in [-0.25, -0.2) is 18.0 Å². The highest BCUT2D eigenvalue weighted by Crippen LogP contribution is 2.17. The molecular weight excluding hydrogens is 416 g/mol. The van der Waals surface area contributed by atoms with Gasteiger partial charge in [-0.15, -0.1) is 4.40 Å². The number of methoxy groups -OCH3 is 1. The average molecular weight is 434 g/mol. The van der Waals surface area contributed by atoms with Crippen molar-refractivity contribution < 1.29 is 32.3 Å². The number of imide groups is 1. The zero-order valence-corrected chi connectivity index (χ0v) is 16.6. The summed E-state index contributed by atoms with van der Waals surface area (Å²) in [7, 11) is -1.99. The maximum atomic E-state index is 12.1. The number of rotatable bonds is 5. The number of anilines is 1. The molecule has 0 aromatic heterocycles. The maximum Gasteiger partial charge on any atom is 0.340 e. The minimum Gasteiger partial charge on any atom is -0.497 e. The van der Waals surface area contributed by atoms with E-state index in [0.29, 0.717) is 11.4 Å². The number of carbonyl (C=O) groups is 3. The molecule has 0 aliphatic carbocycles. The molecule has 0 bridgehead atoms. The highest BCUT2D eigenvalue weighted by molar-refractivity contribution is 7.90. The van der Waals surface area contributed by atoms with Crippen LogP contribution in [0.2, 0.25) is 0 Å². The standard InChI is InChI=1S/C18H18N4O7S/c1-28-14-5-3-13(4-6-14)19-18(25)20-16(23)11-29-17(24)12-2-7-15-21-30(26,27)9-8-22(15)10-12/h2-7,10H,8-9,11H2,1H3,(H2,19,20,23,25). The van der Waals surface area contributed by atoms with Crippen LogP contribution in [0.4, 0.5) is 10.5 Å². The van der Waals surface area contributed by atoms with E-state index in [2.05, 4.69) is 9.71 Å². The monoisotopic (exact) mass is 434 g/mol. The first kappa shape index (κ1) is 21.0. The molecule has 0 unspecified atom stereocenters. The van der Waals surface area contributed by atoms with Crippen LogP contribution in [0.1, 0.15) is 0 Å². The summed E-state index contributed by atoms with van der Waals surface area (Å²) in [5.41, 5.74) is 0.556. The molecular formula is C18H18N4O7S. The van der Waals surface area contributed by atoms with Crippen molar-refractivity contribution in [1.82, 2.24) is 10.2 Å². The zero-order valence-electron chi connectivity index (χ0n) is 15.8. The predicted molar refractivity (Wildman–Crippen MR) is 106 cm³/mol. The third kappa shape index (κ3) is 5.44. The highest BCUT2D eigenvalue weighted by Gasteiger charge is 2.25. The predicted octanol–water partition coefficient (Wildman–Crippen LogP) is 0.384. The fourth-order valence-corrected chi connectivity index (χ4v) is 3.50. The first-order chi connectivity index (χ1) is 14.3. The molecule has 158 valence electrons. The third-order valence-corrected chi connectivity index (χ3v) is 5.16. The molecule has 30 heavy (non-hydrogen) atoms. The number of esters is 1. The van der Waals surface area contributed by atoms with Crippen LogP contribution in [-0.2, 0) is 24.3 Å². The van der Waals surface area contributed by atoms with E-state index < -0.39 is 34.5 Å². The summed E-state index contributed by atoms with van der Waals surface area (Å²) < 4.78 is 36.5. The van der Waals surface area contributed by atoms with Crippen molar-refractivity contribution in [1.29, 1.82) is 0 Å². The number of sulfonamides is 1. The van der Waals surface area contributed by atoms with Crippen LogP contribution in [0.25, 0.3) is 0 Å². The molecule has 0 atom stereocenters. The highest BCUT2D eigenvalue weighted by atomic mass is 32.2. The van der Waals surface area contributed by atoms with E-state index in [4.69, 9.17) is 9.47 Å². The van der Waals surface area contributed by atoms with E-state index in [0.717, 1.165) is 0 Å². The van der Waals surface area contributed by atoms with Gasteiger partial charge < -0.3 is 19.7 Å². The van der Waals surface area contributed by atoms with E-state index in [1.165, 1.54) is 30.4 Å². The van der Waals surface area contributed by atoms with Crippen LogP contribution in [0, 0.1) is 0 Å². The second-order valence-corrected chi connectivity index (χ2v) is 7.91. The summed E-state index contributed by atoms with van der Waals surface area (Å²) >= 11 is 0. The van der Waals surface area contributed by atoms with Crippen molar-refractivity contribution in [2.45, 2.75) is 0 Å². The van der Waals surface area contributed by atoms with Gasteiger partial charge in [-0.3, -0.25) is 10.1 Å². The number of amides is 3. The summed E-state index contributed by atoms with van der Waals surface area (Å²) in [4.78, 5) is 37.3. The molecule has 3 rings (SSSR count). The summed E-state index contributed by atoms with van der Waals surface area (Å²) in [6.45, 7) is -0.524. The van der Waals surface area contributed by atoms with E-state index in [1.54, 1.807) is 24.3 Å². The number of ether oxygens (including phenoxy) is 2. The van der Waals surface area contributed by atoms with Crippen LogP contribution in [-0.4, -0.2) is 63.1 Å². The molecule has 0 radical (unpaired) electrons. The summed E-state index contributed by atoms with van der Waals surface area (Å²) in [5.74, 6) is -0.981. The number of hydrogen-bond donors (Lipinski definition) is 2. The van der Waals surface area contributed by atoms with E-state index in [-0.39, 0.29) is 23.7 Å². The van der Waals surface area contributed by atoms with Gasteiger partial charge in [0.25, 0.3) is 15.9 Å². The second-order valence-electron chi connectivity index (χ2n) is 6.15. The molecule has 0 saturated carbocycles. The Bertz CT molecular complexity index is 1060. The molecule has 0 fully saturated rings. The lowest BCUT2D eigenvalue weighted by molar-refractivity contribution is -0.144. The number of nitrogens with zero attached hydrogens (tertiary/aromatic N) is 2. The molecule has 0 spiro atoms. The Balaban J connectivity index is 1.47. The fourth-order valence-electron chi connectivity index (χ4n) is 2.54. The molecule has 1 aromatic carbocycles. The zero-order chi connectivity index (χ0) is 21.7. The van der Waals surface area contributed by atoms with Crippen LogP contribution in [0.5, 0.6) is 5.75 Å². The van der Waals surface area contributed by atoms with Crippen molar-refractivity contribution in [3.05, 3.63) is 48.2 Å². The fraction of sp³-hybridized carbons (Fsp3) is 0.222. The normalized spacial score (nSPS) is 16.5. The quantitative estimate of drug-likeness (QED) is 0.633. The first-order valence-electron chi connectivity index (χ1n) is 8.67. The Kier molecular flexibility index (Phi) is 6.16. The molecule has 2 heterocycles. The van der Waals surface area contributed by atoms with E-state index in [1.807, 2.05) is 5.32 Å². The molecule has 2 N–H and O–H groups in total. The number of amidine groups is 1. The molecule has 2 aliphatic heterocycles. The topological polar surface area (TPSA) is 143 Å². The largest absolute Gasteiger partial charge is 0.497 e. The number of urea groups is 1. The van der Waals surface area contributed by atoms with Crippen LogP contribution in [0.3, 0.4) is 0 Å². The van der Waals surface area contributed by atoms with Gasteiger partial charge in [0.2, 0.25) is 0 Å². The van der Waals surface area contributed by atoms with Crippen molar-refractivity contribution in [3.63, 3.8) is 0 Å². The van der Waals surface area contributed by atoms with Gasteiger partial charge in [-0.2, -0.15) is 0 Å². The van der Waals surface area contributed by atoms with Gasteiger partial charge >= 0.3 is 12.0 Å². The number of nitrogens with one attached hydrogen (secondary N) is 2. The summed E-state index contributed by atoms with van der Waals surface area (Å²) in [6.07, 6.45) is 4.10. The van der Waals surface area contributed by atoms with E-state index >= 15 is 0 Å². The Morgan fingerprint density at radius 1 is 1.17 bits per heavy atom. The molecule has 1 aromatic rings. The van der Waals surface area contributed by atoms with Gasteiger partial charge in [0.1, 0.15) is 11.6 Å². The number of carbonyl (C=O) groups excluding carboxylic acids is 3. The Morgan fingerprint density at radius 3 is 2.60 bits per heavy atom. The van der Waals surface area contributed by atoms with Crippen LogP contribution in [0.15, 0.2) is 52.6 Å². The van der Waals surface area contributed by atoms with Crippen molar-refractivity contribution in [3.8, 4) is 5.75 Å². The lowest BCUT2D eigenvalue weighted by Gasteiger charge is -2.26. The summed E-state index contributed by atoms with van der Waals surface area (Å²) in [5, 5.41) is 4.49. The molecule has 11 nitrogen and oxygen atoms in total. The minimum absolute atomic E-state index is 0.115. The second kappa shape index (κ2) is 8.78. The average Bonchev–Trinajstić information content (AvgIpc) is 2.71. The summed E-state index contributed by atoms with van der Waals surface area (Å²) in [6, 6.07) is 5.67. The molecule has 12 heteroatoms. The van der Waals surface area contributed by atoms with Gasteiger partial charge in [0.15, 0.2) is 6.61 Å². The van der Waals surface area contributed by atoms with Gasteiger partial charge in [0, 0.05) is 18.4 Å². The van der Waals surface area contributed by atoms with Gasteiger partial charge in [-0.05, 0) is 36.4 Å². The Labute approximate surface area is 172 Å². The van der Waals surface area contributed by atoms with Crippen LogP contribution >= 0.6 is 0 Å². The Hall–Kier alpha value is -3.67. The Morgan fingerprint density at radius 2 is 1.90 bits per heavy atom. The lowest BCUT2D eigenvalue weighted by atomic mass is 10.2. The van der Waals surface area contributed by atoms with Crippen molar-refractivity contribution >= 4 is 39.5 Å². The van der Waals surface area contributed by atoms with Crippen molar-refractivity contribution in [2.24, 2.45) is 4.40 Å². The maximum absolute atomic E-state index is 12.1. The van der Waals surface area contributed by atoms with Gasteiger partial charge in [-0.1, -0.05) is 0 Å². The lowest BCUT2D eigenvalue weighted by Crippen LogP contribution is -2.38. The SMILES string of the molecule is COc1ccc(NC(=O)NC(=O)COC(=O)C2=CN3CCS(=O)(=O)N=C3C=C2)cc1.